The standard InChI is InChI=1S/C10H11BrO2S/c1-6(2)14-9-4-3-7(10(12)13)5-8(9)11/h3-6H,1-2H3,(H,12,13). The maximum Gasteiger partial charge on any atom is 0.335 e. The summed E-state index contributed by atoms with van der Waals surface area (Å²) in [5, 5.41) is 9.24. The molecule has 2 nitrogen and oxygen atoms in total. The maximum atomic E-state index is 10.7. The summed E-state index contributed by atoms with van der Waals surface area (Å²) in [6.07, 6.45) is 0. The van der Waals surface area contributed by atoms with Crippen molar-refractivity contribution < 1.29 is 9.90 Å². The molecule has 0 aromatic heterocycles. The first-order valence-corrected chi connectivity index (χ1v) is 5.87. The van der Waals surface area contributed by atoms with Gasteiger partial charge in [0.05, 0.1) is 5.56 Å². The van der Waals surface area contributed by atoms with Crippen LogP contribution in [-0.2, 0) is 0 Å². The molecule has 0 radical (unpaired) electrons. The number of carboxylic acid groups (broad SMARTS) is 1. The Morgan fingerprint density at radius 1 is 1.50 bits per heavy atom. The van der Waals surface area contributed by atoms with Crippen molar-refractivity contribution in [3.63, 3.8) is 0 Å². The fourth-order valence-electron chi connectivity index (χ4n) is 0.983. The highest BCUT2D eigenvalue weighted by molar-refractivity contribution is 9.10. The van der Waals surface area contributed by atoms with Gasteiger partial charge in [0.2, 0.25) is 0 Å². The lowest BCUT2D eigenvalue weighted by Gasteiger charge is -2.07. The quantitative estimate of drug-likeness (QED) is 0.855. The highest BCUT2D eigenvalue weighted by atomic mass is 79.9. The summed E-state index contributed by atoms with van der Waals surface area (Å²) in [4.78, 5) is 11.7. The number of hydrogen-bond donors (Lipinski definition) is 1. The number of thioether (sulfide) groups is 1. The topological polar surface area (TPSA) is 37.3 Å². The van der Waals surface area contributed by atoms with Crippen LogP contribution in [0.3, 0.4) is 0 Å². The van der Waals surface area contributed by atoms with Crippen LogP contribution in [0.1, 0.15) is 24.2 Å². The number of carbonyl (C=O) groups is 1. The van der Waals surface area contributed by atoms with Crippen molar-refractivity contribution in [2.75, 3.05) is 0 Å². The van der Waals surface area contributed by atoms with E-state index in [0.717, 1.165) is 9.37 Å². The van der Waals surface area contributed by atoms with E-state index in [0.29, 0.717) is 10.8 Å². The normalized spacial score (nSPS) is 10.6. The fraction of sp³-hybridized carbons (Fsp3) is 0.300. The Kier molecular flexibility index (Phi) is 4.01. The molecule has 4 heteroatoms. The van der Waals surface area contributed by atoms with Gasteiger partial charge in [-0.15, -0.1) is 11.8 Å². The SMILES string of the molecule is CC(C)Sc1ccc(C(=O)O)cc1Br. The highest BCUT2D eigenvalue weighted by Crippen LogP contribution is 2.31. The highest BCUT2D eigenvalue weighted by Gasteiger charge is 2.07. The minimum absolute atomic E-state index is 0.310. The second-order valence-corrected chi connectivity index (χ2v) is 5.59. The Hall–Kier alpha value is -0.480. The van der Waals surface area contributed by atoms with Crippen LogP contribution in [-0.4, -0.2) is 16.3 Å². The van der Waals surface area contributed by atoms with Crippen LogP contribution in [0.5, 0.6) is 0 Å². The molecular formula is C10H11BrO2S. The van der Waals surface area contributed by atoms with Gasteiger partial charge in [0.15, 0.2) is 0 Å². The number of halogens is 1. The van der Waals surface area contributed by atoms with Gasteiger partial charge in [0.25, 0.3) is 0 Å². The van der Waals surface area contributed by atoms with E-state index in [-0.39, 0.29) is 0 Å². The van der Waals surface area contributed by atoms with Crippen molar-refractivity contribution in [1.82, 2.24) is 0 Å². The first kappa shape index (κ1) is 11.6. The molecule has 0 aliphatic heterocycles. The number of rotatable bonds is 3. The third-order valence-electron chi connectivity index (χ3n) is 1.54. The van der Waals surface area contributed by atoms with Gasteiger partial charge in [-0.25, -0.2) is 4.79 Å². The average Bonchev–Trinajstić information content (AvgIpc) is 2.07. The van der Waals surface area contributed by atoms with Crippen LogP contribution in [0.4, 0.5) is 0 Å². The zero-order valence-corrected chi connectivity index (χ0v) is 10.4. The van der Waals surface area contributed by atoms with Crippen molar-refractivity contribution in [1.29, 1.82) is 0 Å². The molecule has 0 bridgehead atoms. The monoisotopic (exact) mass is 274 g/mol. The first-order chi connectivity index (χ1) is 6.50. The van der Waals surface area contributed by atoms with Gasteiger partial charge in [-0.1, -0.05) is 13.8 Å². The van der Waals surface area contributed by atoms with E-state index in [2.05, 4.69) is 29.8 Å². The van der Waals surface area contributed by atoms with Crippen LogP contribution in [0.25, 0.3) is 0 Å². The molecular weight excluding hydrogens is 264 g/mol. The van der Waals surface area contributed by atoms with Gasteiger partial charge in [-0.3, -0.25) is 0 Å². The molecule has 0 saturated carbocycles. The van der Waals surface area contributed by atoms with Crippen molar-refractivity contribution in [2.45, 2.75) is 24.0 Å². The first-order valence-electron chi connectivity index (χ1n) is 4.20. The lowest BCUT2D eigenvalue weighted by Crippen LogP contribution is -1.96. The second-order valence-electron chi connectivity index (χ2n) is 3.12. The molecule has 0 amide bonds. The molecule has 0 heterocycles. The molecule has 1 N–H and O–H groups in total. The van der Waals surface area contributed by atoms with Gasteiger partial charge in [0.1, 0.15) is 0 Å². The second kappa shape index (κ2) is 4.84. The van der Waals surface area contributed by atoms with E-state index in [9.17, 15) is 4.79 Å². The summed E-state index contributed by atoms with van der Waals surface area (Å²) in [6, 6.07) is 5.09. The molecule has 0 atom stereocenters. The largest absolute Gasteiger partial charge is 0.478 e. The lowest BCUT2D eigenvalue weighted by atomic mass is 10.2. The summed E-state index contributed by atoms with van der Waals surface area (Å²) >= 11 is 5.07. The molecule has 1 aromatic rings. The van der Waals surface area contributed by atoms with E-state index in [4.69, 9.17) is 5.11 Å². The van der Waals surface area contributed by atoms with Crippen LogP contribution in [0, 0.1) is 0 Å². The van der Waals surface area contributed by atoms with E-state index in [1.807, 2.05) is 6.07 Å². The zero-order chi connectivity index (χ0) is 10.7. The number of benzene rings is 1. The minimum Gasteiger partial charge on any atom is -0.478 e. The van der Waals surface area contributed by atoms with Crippen LogP contribution in [0.2, 0.25) is 0 Å². The van der Waals surface area contributed by atoms with E-state index in [1.54, 1.807) is 23.9 Å². The summed E-state index contributed by atoms with van der Waals surface area (Å²) in [6.45, 7) is 4.20. The van der Waals surface area contributed by atoms with Gasteiger partial charge < -0.3 is 5.11 Å². The summed E-state index contributed by atoms with van der Waals surface area (Å²) in [5.74, 6) is -0.896. The maximum absolute atomic E-state index is 10.7. The zero-order valence-electron chi connectivity index (χ0n) is 7.95. The number of aromatic carboxylic acids is 1. The van der Waals surface area contributed by atoms with E-state index < -0.39 is 5.97 Å². The van der Waals surface area contributed by atoms with E-state index >= 15 is 0 Å². The molecule has 0 aliphatic rings. The molecule has 0 aliphatic carbocycles. The molecule has 0 fully saturated rings. The molecule has 76 valence electrons. The smallest absolute Gasteiger partial charge is 0.335 e. The Bertz CT molecular complexity index is 350. The van der Waals surface area contributed by atoms with Crippen LogP contribution >= 0.6 is 27.7 Å². The predicted molar refractivity (Wildman–Crippen MR) is 62.1 cm³/mol. The minimum atomic E-state index is -0.896. The average molecular weight is 275 g/mol. The summed E-state index contributed by atoms with van der Waals surface area (Å²) in [7, 11) is 0. The predicted octanol–water partition coefficient (Wildman–Crippen LogP) is 3.65. The number of carboxylic acids is 1. The van der Waals surface area contributed by atoms with Gasteiger partial charge in [0, 0.05) is 14.6 Å². The van der Waals surface area contributed by atoms with Gasteiger partial charge in [-0.2, -0.15) is 0 Å². The van der Waals surface area contributed by atoms with Crippen LogP contribution < -0.4 is 0 Å². The Balaban J connectivity index is 2.95. The van der Waals surface area contributed by atoms with Crippen LogP contribution in [0.15, 0.2) is 27.6 Å². The molecule has 1 aromatic carbocycles. The third kappa shape index (κ3) is 3.03. The molecule has 14 heavy (non-hydrogen) atoms. The Morgan fingerprint density at radius 2 is 2.14 bits per heavy atom. The summed E-state index contributed by atoms with van der Waals surface area (Å²) < 4.78 is 0.844. The number of hydrogen-bond acceptors (Lipinski definition) is 2. The van der Waals surface area contributed by atoms with Crippen molar-refractivity contribution in [3.05, 3.63) is 28.2 Å². The van der Waals surface area contributed by atoms with Crippen molar-refractivity contribution in [2.24, 2.45) is 0 Å². The molecule has 0 spiro atoms. The third-order valence-corrected chi connectivity index (χ3v) is 3.54. The molecule has 0 unspecified atom stereocenters. The Labute approximate surface area is 95.8 Å². The lowest BCUT2D eigenvalue weighted by molar-refractivity contribution is 0.0696. The molecule has 1 rings (SSSR count). The van der Waals surface area contributed by atoms with Crippen molar-refractivity contribution >= 4 is 33.7 Å². The molecule has 0 saturated heterocycles. The Morgan fingerprint density at radius 3 is 2.57 bits per heavy atom. The van der Waals surface area contributed by atoms with Gasteiger partial charge in [-0.05, 0) is 34.1 Å². The van der Waals surface area contributed by atoms with Gasteiger partial charge >= 0.3 is 5.97 Å². The fourth-order valence-corrected chi connectivity index (χ4v) is 2.47. The van der Waals surface area contributed by atoms with E-state index in [1.165, 1.54) is 0 Å². The van der Waals surface area contributed by atoms with Crippen molar-refractivity contribution in [3.8, 4) is 0 Å². The summed E-state index contributed by atoms with van der Waals surface area (Å²) in [5.41, 5.74) is 0.310.